The fraction of sp³-hybridized carbons (Fsp3) is 0.526. The lowest BCUT2D eigenvalue weighted by Crippen LogP contribution is -2.45. The number of carbonyl (C=O) groups excluding carboxylic acids is 1. The molecule has 6 heteroatoms. The predicted molar refractivity (Wildman–Crippen MR) is 93.0 cm³/mol. The summed E-state index contributed by atoms with van der Waals surface area (Å²) in [5.74, 6) is 0.803. The van der Waals surface area contributed by atoms with Crippen LogP contribution in [0.1, 0.15) is 31.5 Å². The van der Waals surface area contributed by atoms with Gasteiger partial charge in [-0.3, -0.25) is 9.59 Å². The van der Waals surface area contributed by atoms with Crippen LogP contribution in [-0.2, 0) is 16.0 Å². The van der Waals surface area contributed by atoms with Crippen LogP contribution in [0.25, 0.3) is 11.0 Å². The van der Waals surface area contributed by atoms with Crippen molar-refractivity contribution < 1.29 is 14.7 Å². The molecule has 1 aliphatic carbocycles. The first-order chi connectivity index (χ1) is 12.1. The number of para-hydroxylation sites is 2. The number of aromatic nitrogens is 2. The number of nitrogens with zero attached hydrogens (tertiary/aromatic N) is 2. The average Bonchev–Trinajstić information content (AvgIpc) is 3.35. The second kappa shape index (κ2) is 6.50. The van der Waals surface area contributed by atoms with E-state index >= 15 is 0 Å². The average molecular weight is 341 g/mol. The van der Waals surface area contributed by atoms with Gasteiger partial charge in [-0.1, -0.05) is 12.1 Å². The Labute approximate surface area is 146 Å². The summed E-state index contributed by atoms with van der Waals surface area (Å²) in [5, 5.41) is 9.23. The minimum Gasteiger partial charge on any atom is -0.481 e. The highest BCUT2D eigenvalue weighted by Gasteiger charge is 2.38. The van der Waals surface area contributed by atoms with Gasteiger partial charge in [-0.2, -0.15) is 0 Å². The van der Waals surface area contributed by atoms with Crippen molar-refractivity contribution in [1.82, 2.24) is 14.9 Å². The lowest BCUT2D eigenvalue weighted by atomic mass is 9.81. The minimum absolute atomic E-state index is 0.0916. The van der Waals surface area contributed by atoms with Crippen LogP contribution < -0.4 is 0 Å². The molecule has 2 heterocycles. The summed E-state index contributed by atoms with van der Waals surface area (Å²) < 4.78 is 0. The molecule has 2 atom stereocenters. The van der Waals surface area contributed by atoms with Gasteiger partial charge in [0.2, 0.25) is 5.91 Å². The molecule has 25 heavy (non-hydrogen) atoms. The normalized spacial score (nSPS) is 23.8. The molecular formula is C19H23N3O3. The highest BCUT2D eigenvalue weighted by Crippen LogP contribution is 2.35. The van der Waals surface area contributed by atoms with Gasteiger partial charge >= 0.3 is 5.97 Å². The van der Waals surface area contributed by atoms with Crippen LogP contribution >= 0.6 is 0 Å². The summed E-state index contributed by atoms with van der Waals surface area (Å²) in [5.41, 5.74) is 1.92. The van der Waals surface area contributed by atoms with E-state index in [0.717, 1.165) is 36.1 Å². The summed E-state index contributed by atoms with van der Waals surface area (Å²) >= 11 is 0. The van der Waals surface area contributed by atoms with E-state index in [0.29, 0.717) is 19.5 Å². The van der Waals surface area contributed by atoms with E-state index < -0.39 is 5.97 Å². The molecule has 1 saturated carbocycles. The molecule has 2 aliphatic rings. The highest BCUT2D eigenvalue weighted by atomic mass is 16.4. The zero-order chi connectivity index (χ0) is 17.4. The first kappa shape index (κ1) is 16.1. The number of likely N-dealkylation sites (tertiary alicyclic amines) is 1. The zero-order valence-electron chi connectivity index (χ0n) is 14.1. The Morgan fingerprint density at radius 2 is 2.00 bits per heavy atom. The van der Waals surface area contributed by atoms with Crippen molar-refractivity contribution in [2.75, 3.05) is 13.1 Å². The molecule has 2 fully saturated rings. The number of fused-ring (bicyclic) bond motifs is 1. The van der Waals surface area contributed by atoms with Crippen LogP contribution in [0.2, 0.25) is 0 Å². The molecule has 1 amide bonds. The van der Waals surface area contributed by atoms with Gasteiger partial charge < -0.3 is 15.0 Å². The Hall–Kier alpha value is -2.37. The van der Waals surface area contributed by atoms with E-state index in [-0.39, 0.29) is 30.1 Å². The van der Waals surface area contributed by atoms with Crippen molar-refractivity contribution >= 4 is 22.9 Å². The van der Waals surface area contributed by atoms with Crippen molar-refractivity contribution in [1.29, 1.82) is 0 Å². The topological polar surface area (TPSA) is 86.3 Å². The Bertz CT molecular complexity index is 763. The number of benzene rings is 1. The molecule has 4 rings (SSSR count). The van der Waals surface area contributed by atoms with Crippen LogP contribution in [-0.4, -0.2) is 44.9 Å². The summed E-state index contributed by atoms with van der Waals surface area (Å²) in [6, 6.07) is 7.88. The number of carbonyl (C=O) groups is 2. The Kier molecular flexibility index (Phi) is 4.19. The van der Waals surface area contributed by atoms with E-state index in [1.54, 1.807) is 0 Å². The van der Waals surface area contributed by atoms with Crippen molar-refractivity contribution in [2.24, 2.45) is 17.8 Å². The maximum atomic E-state index is 12.4. The van der Waals surface area contributed by atoms with E-state index in [4.69, 9.17) is 0 Å². The van der Waals surface area contributed by atoms with Crippen LogP contribution in [0.4, 0.5) is 0 Å². The van der Waals surface area contributed by atoms with Gasteiger partial charge in [-0.15, -0.1) is 0 Å². The first-order valence-electron chi connectivity index (χ1n) is 9.04. The maximum Gasteiger partial charge on any atom is 0.303 e. The molecule has 2 aromatic rings. The minimum atomic E-state index is -0.762. The number of imidazole rings is 1. The predicted octanol–water partition coefficient (Wildman–Crippen LogP) is 2.45. The quantitative estimate of drug-likeness (QED) is 0.875. The Balaban J connectivity index is 1.52. The second-order valence-corrected chi connectivity index (χ2v) is 7.37. The van der Waals surface area contributed by atoms with Gasteiger partial charge in [0.15, 0.2) is 0 Å². The maximum absolute atomic E-state index is 12.4. The van der Waals surface area contributed by atoms with Crippen LogP contribution in [0.3, 0.4) is 0 Å². The van der Waals surface area contributed by atoms with E-state index in [1.165, 1.54) is 0 Å². The standard InChI is InChI=1S/C19H23N3O3/c23-18(24)10-13-7-8-22(19(25)12-5-6-12)11-14(13)9-17-20-15-3-1-2-4-16(15)21-17/h1-4,12-14H,5-11H2,(H,20,21)(H,23,24). The number of hydrogen-bond donors (Lipinski definition) is 2. The molecule has 0 bridgehead atoms. The molecule has 6 nitrogen and oxygen atoms in total. The van der Waals surface area contributed by atoms with E-state index in [1.807, 2.05) is 29.2 Å². The van der Waals surface area contributed by atoms with E-state index in [2.05, 4.69) is 9.97 Å². The largest absolute Gasteiger partial charge is 0.481 e. The molecule has 0 radical (unpaired) electrons. The third kappa shape index (κ3) is 3.52. The van der Waals surface area contributed by atoms with Gasteiger partial charge in [0, 0.05) is 31.8 Å². The van der Waals surface area contributed by atoms with Crippen LogP contribution in [0, 0.1) is 17.8 Å². The van der Waals surface area contributed by atoms with Crippen LogP contribution in [0.5, 0.6) is 0 Å². The van der Waals surface area contributed by atoms with Gasteiger partial charge in [-0.25, -0.2) is 4.98 Å². The first-order valence-corrected chi connectivity index (χ1v) is 9.04. The number of nitrogens with one attached hydrogen (secondary N) is 1. The van der Waals surface area contributed by atoms with Crippen molar-refractivity contribution in [3.63, 3.8) is 0 Å². The third-order valence-electron chi connectivity index (χ3n) is 5.46. The lowest BCUT2D eigenvalue weighted by molar-refractivity contribution is -0.140. The van der Waals surface area contributed by atoms with Gasteiger partial charge in [0.1, 0.15) is 5.82 Å². The Morgan fingerprint density at radius 1 is 1.20 bits per heavy atom. The molecule has 2 N–H and O–H groups in total. The highest BCUT2D eigenvalue weighted by molar-refractivity contribution is 5.81. The number of rotatable bonds is 5. The SMILES string of the molecule is O=C(O)CC1CCN(C(=O)C2CC2)CC1Cc1nc2ccccc2[nH]1. The fourth-order valence-electron chi connectivity index (χ4n) is 3.94. The van der Waals surface area contributed by atoms with Crippen molar-refractivity contribution in [3.05, 3.63) is 30.1 Å². The van der Waals surface area contributed by atoms with Crippen molar-refractivity contribution in [2.45, 2.75) is 32.1 Å². The number of aliphatic carboxylic acids is 1. The number of carboxylic acids is 1. The van der Waals surface area contributed by atoms with Gasteiger partial charge in [-0.05, 0) is 43.2 Å². The molecule has 2 unspecified atom stereocenters. The molecule has 1 aromatic heterocycles. The summed E-state index contributed by atoms with van der Waals surface area (Å²) in [6.45, 7) is 1.33. The number of piperidine rings is 1. The molecular weight excluding hydrogens is 318 g/mol. The number of amides is 1. The number of carboxylic acid groups (broad SMARTS) is 1. The number of aromatic amines is 1. The summed E-state index contributed by atoms with van der Waals surface area (Å²) in [7, 11) is 0. The molecule has 132 valence electrons. The smallest absolute Gasteiger partial charge is 0.303 e. The lowest BCUT2D eigenvalue weighted by Gasteiger charge is -2.38. The summed E-state index contributed by atoms with van der Waals surface area (Å²) in [4.78, 5) is 33.6. The van der Waals surface area contributed by atoms with Crippen LogP contribution in [0.15, 0.2) is 24.3 Å². The number of hydrogen-bond acceptors (Lipinski definition) is 3. The monoisotopic (exact) mass is 341 g/mol. The summed E-state index contributed by atoms with van der Waals surface area (Å²) in [6.07, 6.45) is 3.61. The van der Waals surface area contributed by atoms with Crippen molar-refractivity contribution in [3.8, 4) is 0 Å². The van der Waals surface area contributed by atoms with Gasteiger partial charge in [0.05, 0.1) is 11.0 Å². The second-order valence-electron chi connectivity index (χ2n) is 7.37. The Morgan fingerprint density at radius 3 is 2.72 bits per heavy atom. The molecule has 1 aromatic carbocycles. The third-order valence-corrected chi connectivity index (χ3v) is 5.46. The fourth-order valence-corrected chi connectivity index (χ4v) is 3.94. The molecule has 1 aliphatic heterocycles. The van der Waals surface area contributed by atoms with Gasteiger partial charge in [0.25, 0.3) is 0 Å². The number of H-pyrrole nitrogens is 1. The zero-order valence-corrected chi connectivity index (χ0v) is 14.1. The van der Waals surface area contributed by atoms with E-state index in [9.17, 15) is 14.7 Å². The molecule has 0 spiro atoms. The molecule has 1 saturated heterocycles.